The molecule has 0 spiro atoms. The van der Waals surface area contributed by atoms with Crippen LogP contribution in [0.1, 0.15) is 44.2 Å². The first kappa shape index (κ1) is 21.4. The molecule has 2 aromatic rings. The second-order valence-corrected chi connectivity index (χ2v) is 9.47. The molecular weight excluding hydrogens is 398 g/mol. The molecule has 2 aliphatic rings. The number of carbonyl (C=O) groups is 1. The van der Waals surface area contributed by atoms with E-state index in [1.807, 2.05) is 68.4 Å². The van der Waals surface area contributed by atoms with Gasteiger partial charge >= 0.3 is 5.97 Å². The molecule has 1 aliphatic carbocycles. The standard InChI is InChI=1S/C25H30ClNO3/c1-18(2)30-23(28)25(20-6-4-3-5-7-20)16-21(25)17-27-14-12-24(29,13-15-27)19-8-10-22(26)11-9-19/h3-11,18,21,29H,12-17H2,1-2H3/t21-,25+/m1/s1. The van der Waals surface area contributed by atoms with E-state index in [9.17, 15) is 9.90 Å². The number of hydrogen-bond acceptors (Lipinski definition) is 4. The van der Waals surface area contributed by atoms with Crippen LogP contribution in [0, 0.1) is 5.92 Å². The monoisotopic (exact) mass is 427 g/mol. The van der Waals surface area contributed by atoms with E-state index in [1.165, 1.54) is 0 Å². The number of benzene rings is 2. The lowest BCUT2D eigenvalue weighted by atomic mass is 9.84. The van der Waals surface area contributed by atoms with Crippen LogP contribution < -0.4 is 0 Å². The van der Waals surface area contributed by atoms with Crippen LogP contribution in [0.3, 0.4) is 0 Å². The second kappa shape index (κ2) is 8.33. The largest absolute Gasteiger partial charge is 0.462 e. The summed E-state index contributed by atoms with van der Waals surface area (Å²) in [7, 11) is 0. The van der Waals surface area contributed by atoms with E-state index in [0.29, 0.717) is 17.9 Å². The number of hydrogen-bond donors (Lipinski definition) is 1. The van der Waals surface area contributed by atoms with Crippen molar-refractivity contribution in [2.45, 2.75) is 50.2 Å². The average Bonchev–Trinajstić information content (AvgIpc) is 3.46. The van der Waals surface area contributed by atoms with E-state index in [0.717, 1.165) is 37.2 Å². The highest BCUT2D eigenvalue weighted by Gasteiger charge is 2.62. The molecule has 30 heavy (non-hydrogen) atoms. The summed E-state index contributed by atoms with van der Waals surface area (Å²) >= 11 is 5.99. The van der Waals surface area contributed by atoms with Gasteiger partial charge in [0.1, 0.15) is 0 Å². The highest BCUT2D eigenvalue weighted by Crippen LogP contribution is 2.56. The summed E-state index contributed by atoms with van der Waals surface area (Å²) in [6.45, 7) is 6.25. The van der Waals surface area contributed by atoms with E-state index >= 15 is 0 Å². The minimum absolute atomic E-state index is 0.108. The van der Waals surface area contributed by atoms with Crippen molar-refractivity contribution in [3.05, 3.63) is 70.7 Å². The first-order chi connectivity index (χ1) is 14.3. The fourth-order valence-corrected chi connectivity index (χ4v) is 4.92. The average molecular weight is 428 g/mol. The molecule has 5 heteroatoms. The molecule has 0 aromatic heterocycles. The van der Waals surface area contributed by atoms with Gasteiger partial charge in [-0.25, -0.2) is 0 Å². The molecule has 1 aliphatic heterocycles. The molecule has 1 heterocycles. The van der Waals surface area contributed by atoms with Crippen LogP contribution >= 0.6 is 11.6 Å². The maximum atomic E-state index is 13.0. The predicted molar refractivity (Wildman–Crippen MR) is 118 cm³/mol. The predicted octanol–water partition coefficient (Wildman–Crippen LogP) is 4.53. The summed E-state index contributed by atoms with van der Waals surface area (Å²) in [6, 6.07) is 17.5. The first-order valence-corrected chi connectivity index (χ1v) is 11.2. The Bertz CT molecular complexity index is 875. The molecule has 1 N–H and O–H groups in total. The topological polar surface area (TPSA) is 49.8 Å². The van der Waals surface area contributed by atoms with E-state index in [1.54, 1.807) is 0 Å². The van der Waals surface area contributed by atoms with Gasteiger partial charge in [-0.2, -0.15) is 0 Å². The molecule has 0 unspecified atom stereocenters. The van der Waals surface area contributed by atoms with Crippen LogP contribution in [0.4, 0.5) is 0 Å². The van der Waals surface area contributed by atoms with Gasteiger partial charge in [0.25, 0.3) is 0 Å². The van der Waals surface area contributed by atoms with E-state index in [2.05, 4.69) is 4.90 Å². The lowest BCUT2D eigenvalue weighted by Crippen LogP contribution is -2.44. The lowest BCUT2D eigenvalue weighted by molar-refractivity contribution is -0.151. The number of nitrogens with zero attached hydrogens (tertiary/aromatic N) is 1. The van der Waals surface area contributed by atoms with Crippen molar-refractivity contribution in [2.75, 3.05) is 19.6 Å². The second-order valence-electron chi connectivity index (χ2n) is 9.03. The fraction of sp³-hybridized carbons (Fsp3) is 0.480. The van der Waals surface area contributed by atoms with Crippen molar-refractivity contribution in [2.24, 2.45) is 5.92 Å². The molecule has 0 radical (unpaired) electrons. The van der Waals surface area contributed by atoms with E-state index in [-0.39, 0.29) is 18.0 Å². The van der Waals surface area contributed by atoms with Crippen molar-refractivity contribution in [3.8, 4) is 0 Å². The summed E-state index contributed by atoms with van der Waals surface area (Å²) in [6.07, 6.45) is 2.05. The molecule has 1 saturated heterocycles. The third kappa shape index (κ3) is 4.14. The van der Waals surface area contributed by atoms with Gasteiger partial charge in [-0.1, -0.05) is 54.1 Å². The van der Waals surface area contributed by atoms with Gasteiger partial charge in [-0.3, -0.25) is 4.79 Å². The van der Waals surface area contributed by atoms with Gasteiger partial charge in [0, 0.05) is 24.7 Å². The third-order valence-electron chi connectivity index (χ3n) is 6.64. The van der Waals surface area contributed by atoms with Gasteiger partial charge in [0.15, 0.2) is 0 Å². The number of likely N-dealkylation sites (tertiary alicyclic amines) is 1. The SMILES string of the molecule is CC(C)OC(=O)[C@]1(c2ccccc2)C[C@@H]1CN1CCC(O)(c2ccc(Cl)cc2)CC1. The Balaban J connectivity index is 1.42. The van der Waals surface area contributed by atoms with Gasteiger partial charge in [0.05, 0.1) is 17.1 Å². The summed E-state index contributed by atoms with van der Waals surface area (Å²) < 4.78 is 5.64. The van der Waals surface area contributed by atoms with Crippen molar-refractivity contribution < 1.29 is 14.6 Å². The highest BCUT2D eigenvalue weighted by molar-refractivity contribution is 6.30. The number of aliphatic hydroxyl groups is 1. The quantitative estimate of drug-likeness (QED) is 0.688. The van der Waals surface area contributed by atoms with Gasteiger partial charge < -0.3 is 14.7 Å². The Morgan fingerprint density at radius 3 is 2.33 bits per heavy atom. The first-order valence-electron chi connectivity index (χ1n) is 10.8. The number of ether oxygens (including phenoxy) is 1. The number of carbonyl (C=O) groups excluding carboxylic acids is 1. The van der Waals surface area contributed by atoms with Crippen LogP contribution in [0.5, 0.6) is 0 Å². The summed E-state index contributed by atoms with van der Waals surface area (Å²) in [5, 5.41) is 11.8. The summed E-state index contributed by atoms with van der Waals surface area (Å²) in [5.41, 5.74) is 0.639. The Labute approximate surface area is 183 Å². The fourth-order valence-electron chi connectivity index (χ4n) is 4.79. The smallest absolute Gasteiger partial charge is 0.317 e. The molecule has 4 nitrogen and oxygen atoms in total. The van der Waals surface area contributed by atoms with E-state index < -0.39 is 11.0 Å². The molecule has 160 valence electrons. The molecule has 1 saturated carbocycles. The van der Waals surface area contributed by atoms with Crippen molar-refractivity contribution in [1.82, 2.24) is 4.90 Å². The van der Waals surface area contributed by atoms with E-state index in [4.69, 9.17) is 16.3 Å². The lowest BCUT2D eigenvalue weighted by Gasteiger charge is -2.39. The molecule has 0 amide bonds. The Morgan fingerprint density at radius 1 is 1.10 bits per heavy atom. The molecule has 4 rings (SSSR count). The number of piperidine rings is 1. The number of esters is 1. The summed E-state index contributed by atoms with van der Waals surface area (Å²) in [4.78, 5) is 15.4. The molecule has 2 atom stereocenters. The van der Waals surface area contributed by atoms with Gasteiger partial charge in [-0.05, 0) is 62.3 Å². The minimum Gasteiger partial charge on any atom is -0.462 e. The maximum Gasteiger partial charge on any atom is 0.317 e. The van der Waals surface area contributed by atoms with Crippen molar-refractivity contribution >= 4 is 17.6 Å². The number of halogens is 1. The molecule has 2 aromatic carbocycles. The Kier molecular flexibility index (Phi) is 5.93. The van der Waals surface area contributed by atoms with Crippen molar-refractivity contribution in [3.63, 3.8) is 0 Å². The summed E-state index contributed by atoms with van der Waals surface area (Å²) in [5.74, 6) is 0.135. The highest BCUT2D eigenvalue weighted by atomic mass is 35.5. The zero-order valence-electron chi connectivity index (χ0n) is 17.7. The van der Waals surface area contributed by atoms with Crippen LogP contribution in [0.2, 0.25) is 5.02 Å². The zero-order valence-corrected chi connectivity index (χ0v) is 18.4. The minimum atomic E-state index is -0.808. The Hall–Kier alpha value is -1.88. The van der Waals surface area contributed by atoms with Crippen LogP contribution in [0.25, 0.3) is 0 Å². The van der Waals surface area contributed by atoms with Crippen molar-refractivity contribution in [1.29, 1.82) is 0 Å². The maximum absolute atomic E-state index is 13.0. The van der Waals surface area contributed by atoms with Gasteiger partial charge in [0.2, 0.25) is 0 Å². The van der Waals surface area contributed by atoms with Crippen LogP contribution in [-0.4, -0.2) is 41.7 Å². The molecular formula is C25H30ClNO3. The third-order valence-corrected chi connectivity index (χ3v) is 6.90. The zero-order chi connectivity index (χ0) is 21.4. The normalized spacial score (nSPS) is 25.8. The van der Waals surface area contributed by atoms with Gasteiger partial charge in [-0.15, -0.1) is 0 Å². The Morgan fingerprint density at radius 2 is 1.73 bits per heavy atom. The molecule has 2 fully saturated rings. The molecule has 0 bridgehead atoms. The van der Waals surface area contributed by atoms with Crippen LogP contribution in [-0.2, 0) is 20.5 Å². The van der Waals surface area contributed by atoms with Crippen LogP contribution in [0.15, 0.2) is 54.6 Å². The number of rotatable bonds is 6.